The summed E-state index contributed by atoms with van der Waals surface area (Å²) in [4.78, 5) is 38.0. The van der Waals surface area contributed by atoms with Crippen molar-refractivity contribution in [3.63, 3.8) is 0 Å². The number of halogens is 1. The molecule has 0 unspecified atom stereocenters. The molecular formula is C37H41FN10O2. The first-order valence-corrected chi connectivity index (χ1v) is 16.8. The van der Waals surface area contributed by atoms with Gasteiger partial charge in [0.15, 0.2) is 11.5 Å². The molecule has 3 heterocycles. The summed E-state index contributed by atoms with van der Waals surface area (Å²) in [5, 5.41) is 13.3. The van der Waals surface area contributed by atoms with E-state index in [9.17, 15) is 9.18 Å². The van der Waals surface area contributed by atoms with Crippen LogP contribution in [0.4, 0.5) is 39.3 Å². The van der Waals surface area contributed by atoms with Gasteiger partial charge in [0.25, 0.3) is 0 Å². The highest BCUT2D eigenvalue weighted by Crippen LogP contribution is 2.27. The Morgan fingerprint density at radius 2 is 1.82 bits per heavy atom. The Kier molecular flexibility index (Phi) is 11.7. The molecule has 2 aliphatic rings. The fourth-order valence-electron chi connectivity index (χ4n) is 5.99. The predicted octanol–water partition coefficient (Wildman–Crippen LogP) is 5.47. The molecule has 0 aliphatic carbocycles. The van der Waals surface area contributed by atoms with Crippen LogP contribution in [0.25, 0.3) is 4.85 Å². The normalized spacial score (nSPS) is 14.7. The number of piperazine rings is 1. The average Bonchev–Trinajstić information content (AvgIpc) is 3.53. The van der Waals surface area contributed by atoms with Gasteiger partial charge in [0, 0.05) is 70.7 Å². The Morgan fingerprint density at radius 1 is 1.02 bits per heavy atom. The molecule has 4 N–H and O–H groups in total. The number of nitrogens with zero attached hydrogens (tertiary/aromatic N) is 6. The quantitative estimate of drug-likeness (QED) is 0.0895. The second kappa shape index (κ2) is 16.9. The molecule has 258 valence electrons. The van der Waals surface area contributed by atoms with Gasteiger partial charge in [-0.15, -0.1) is 0 Å². The molecule has 50 heavy (non-hydrogen) atoms. The number of rotatable bonds is 16. The molecule has 6 rings (SSSR count). The van der Waals surface area contributed by atoms with E-state index in [1.54, 1.807) is 25.3 Å². The highest BCUT2D eigenvalue weighted by molar-refractivity contribution is 5.96. The third kappa shape index (κ3) is 9.66. The number of aliphatic imine (C=N–C) groups is 1. The monoisotopic (exact) mass is 676 g/mol. The molecule has 4 aromatic rings. The minimum atomic E-state index is -0.639. The molecular weight excluding hydrogens is 635 g/mol. The van der Waals surface area contributed by atoms with Crippen molar-refractivity contribution in [2.75, 3.05) is 62.4 Å². The van der Waals surface area contributed by atoms with Crippen LogP contribution in [0, 0.1) is 12.4 Å². The lowest BCUT2D eigenvalue weighted by Gasteiger charge is -2.27. The van der Waals surface area contributed by atoms with Crippen LogP contribution in [-0.4, -0.2) is 83.8 Å². The first kappa shape index (κ1) is 34.6. The number of anilines is 4. The topological polar surface area (TPSA) is 133 Å². The van der Waals surface area contributed by atoms with Gasteiger partial charge in [-0.2, -0.15) is 15.0 Å². The zero-order valence-electron chi connectivity index (χ0n) is 28.1. The number of fused-ring (bicyclic) bond motifs is 1. The van der Waals surface area contributed by atoms with Gasteiger partial charge in [-0.3, -0.25) is 14.7 Å². The Labute approximate surface area is 291 Å². The highest BCUT2D eigenvalue weighted by Gasteiger charge is 2.22. The van der Waals surface area contributed by atoms with E-state index >= 15 is 0 Å². The fraction of sp³-hybridized carbons (Fsp3) is 0.351. The predicted molar refractivity (Wildman–Crippen MR) is 193 cm³/mol. The zero-order chi connectivity index (χ0) is 34.7. The molecule has 12 nitrogen and oxygen atoms in total. The SMILES string of the molecule is [C-]#[N+]c1ccc(C[C@H](Nc2nc(NCC3=Nc4cc(F)ccc4C3)nc(Nc3cccc(CN4CCNCC4)c3)n2)C(=O)CCCOC)cc1. The third-order valence-corrected chi connectivity index (χ3v) is 8.57. The van der Waals surface area contributed by atoms with Crippen LogP contribution in [-0.2, 0) is 28.9 Å². The van der Waals surface area contributed by atoms with E-state index in [2.05, 4.69) is 58.1 Å². The molecule has 1 aromatic heterocycles. The molecule has 1 saturated heterocycles. The lowest BCUT2D eigenvalue weighted by atomic mass is 9.99. The van der Waals surface area contributed by atoms with Crippen molar-refractivity contribution in [1.82, 2.24) is 25.2 Å². The van der Waals surface area contributed by atoms with Gasteiger partial charge < -0.3 is 26.0 Å². The number of aromatic nitrogens is 3. The Hall–Kier alpha value is -5.29. The molecule has 1 fully saturated rings. The fourth-order valence-corrected chi connectivity index (χ4v) is 5.99. The molecule has 13 heteroatoms. The van der Waals surface area contributed by atoms with E-state index in [1.165, 1.54) is 17.7 Å². The number of hydrogen-bond donors (Lipinski definition) is 4. The maximum atomic E-state index is 13.8. The first-order chi connectivity index (χ1) is 24.4. The second-order valence-corrected chi connectivity index (χ2v) is 12.4. The van der Waals surface area contributed by atoms with Crippen LogP contribution in [0.2, 0.25) is 0 Å². The minimum absolute atomic E-state index is 0.00772. The van der Waals surface area contributed by atoms with Gasteiger partial charge in [-0.1, -0.05) is 42.5 Å². The number of ketones is 1. The number of methoxy groups -OCH3 is 1. The van der Waals surface area contributed by atoms with Crippen molar-refractivity contribution < 1.29 is 13.9 Å². The summed E-state index contributed by atoms with van der Waals surface area (Å²) in [5.74, 6) is 0.486. The van der Waals surface area contributed by atoms with Crippen molar-refractivity contribution in [3.05, 3.63) is 101 Å². The minimum Gasteiger partial charge on any atom is -0.385 e. The lowest BCUT2D eigenvalue weighted by Crippen LogP contribution is -2.42. The summed E-state index contributed by atoms with van der Waals surface area (Å²) in [7, 11) is 1.61. The maximum Gasteiger partial charge on any atom is 0.233 e. The summed E-state index contributed by atoms with van der Waals surface area (Å²) >= 11 is 0. The van der Waals surface area contributed by atoms with Crippen molar-refractivity contribution in [3.8, 4) is 0 Å². The van der Waals surface area contributed by atoms with Crippen LogP contribution in [0.5, 0.6) is 0 Å². The summed E-state index contributed by atoms with van der Waals surface area (Å²) in [5.41, 5.74) is 5.84. The largest absolute Gasteiger partial charge is 0.385 e. The highest BCUT2D eigenvalue weighted by atomic mass is 19.1. The maximum absolute atomic E-state index is 13.8. The van der Waals surface area contributed by atoms with Crippen molar-refractivity contribution in [1.29, 1.82) is 0 Å². The number of ether oxygens (including phenoxy) is 1. The Morgan fingerprint density at radius 3 is 2.62 bits per heavy atom. The van der Waals surface area contributed by atoms with E-state index in [0.717, 1.165) is 55.2 Å². The van der Waals surface area contributed by atoms with Gasteiger partial charge in [0.05, 0.1) is 24.8 Å². The summed E-state index contributed by atoms with van der Waals surface area (Å²) in [6, 6.07) is 19.4. The molecule has 2 aliphatic heterocycles. The van der Waals surface area contributed by atoms with E-state index in [0.29, 0.717) is 62.1 Å². The molecule has 0 amide bonds. The van der Waals surface area contributed by atoms with Gasteiger partial charge >= 0.3 is 0 Å². The van der Waals surface area contributed by atoms with Gasteiger partial charge in [0.2, 0.25) is 17.8 Å². The number of Topliss-reactive ketones (excluding diaryl/α,β-unsaturated/α-hetero) is 1. The smallest absolute Gasteiger partial charge is 0.233 e. The molecule has 0 radical (unpaired) electrons. The van der Waals surface area contributed by atoms with E-state index in [1.807, 2.05) is 24.3 Å². The number of benzene rings is 3. The molecule has 3 aromatic carbocycles. The summed E-state index contributed by atoms with van der Waals surface area (Å²) < 4.78 is 19.0. The Bertz CT molecular complexity index is 1850. The number of carbonyl (C=O) groups is 1. The van der Waals surface area contributed by atoms with Crippen molar-refractivity contribution >= 4 is 46.4 Å². The number of carbonyl (C=O) groups excluding carboxylic acids is 1. The number of hydrogen-bond acceptors (Lipinski definition) is 11. The zero-order valence-corrected chi connectivity index (χ0v) is 28.1. The van der Waals surface area contributed by atoms with Crippen LogP contribution in [0.1, 0.15) is 29.5 Å². The van der Waals surface area contributed by atoms with E-state index in [4.69, 9.17) is 16.3 Å². The van der Waals surface area contributed by atoms with Crippen LogP contribution in [0.3, 0.4) is 0 Å². The van der Waals surface area contributed by atoms with Gasteiger partial charge in [-0.25, -0.2) is 9.24 Å². The van der Waals surface area contributed by atoms with E-state index in [-0.39, 0.29) is 17.5 Å². The standard InChI is InChI=1S/C37H41FN10O2/c1-39-29-12-8-25(9-13-29)20-33(34(49)7-4-18-50-2)44-37-46-35(41-23-31-21-27-10-11-28(38)22-32(27)42-31)45-36(47-37)43-30-6-3-5-26(19-30)24-48-16-14-40-15-17-48/h3,5-6,8-13,19,22,33,40H,4,7,14-18,20-21,23-24H2,2H3,(H3,41,43,44,45,46,47)/t33-/m0/s1. The van der Waals surface area contributed by atoms with E-state index < -0.39 is 6.04 Å². The van der Waals surface area contributed by atoms with Crippen molar-refractivity contribution in [2.24, 2.45) is 4.99 Å². The second-order valence-electron chi connectivity index (χ2n) is 12.4. The molecule has 0 saturated carbocycles. The van der Waals surface area contributed by atoms with Crippen LogP contribution >= 0.6 is 0 Å². The molecule has 0 spiro atoms. The Balaban J connectivity index is 1.24. The lowest BCUT2D eigenvalue weighted by molar-refractivity contribution is -0.120. The third-order valence-electron chi connectivity index (χ3n) is 8.57. The first-order valence-electron chi connectivity index (χ1n) is 16.8. The van der Waals surface area contributed by atoms with Gasteiger partial charge in [-0.05, 0) is 53.8 Å². The molecule has 1 atom stereocenters. The van der Waals surface area contributed by atoms with Gasteiger partial charge in [0.1, 0.15) is 5.82 Å². The summed E-state index contributed by atoms with van der Waals surface area (Å²) in [6.07, 6.45) is 1.86. The van der Waals surface area contributed by atoms with Crippen LogP contribution in [0.15, 0.2) is 71.7 Å². The molecule has 0 bridgehead atoms. The summed E-state index contributed by atoms with van der Waals surface area (Å²) in [6.45, 7) is 12.9. The number of nitrogens with one attached hydrogen (secondary N) is 4. The van der Waals surface area contributed by atoms with Crippen molar-refractivity contribution in [2.45, 2.75) is 38.3 Å². The van der Waals surface area contributed by atoms with Crippen LogP contribution < -0.4 is 21.3 Å². The average molecular weight is 677 g/mol.